The van der Waals surface area contributed by atoms with E-state index in [0.29, 0.717) is 0 Å². The van der Waals surface area contributed by atoms with E-state index in [4.69, 9.17) is 0 Å². The topological polar surface area (TPSA) is 0 Å². The molecule has 0 atom stereocenters. The fourth-order valence-electron chi connectivity index (χ4n) is 0. The molecule has 37 valence electrons. The molecule has 0 aliphatic carbocycles. The molecule has 0 fully saturated rings. The zero-order valence-corrected chi connectivity index (χ0v) is 13.2. The Bertz CT molecular complexity index is 11.7. The van der Waals surface area contributed by atoms with E-state index in [2.05, 4.69) is 0 Å². The maximum absolute atomic E-state index is 0. The first-order valence-corrected chi connectivity index (χ1v) is 0. The Morgan fingerprint density at radius 2 is 0.571 bits per heavy atom. The Balaban J connectivity index is 0. The average molecular weight is 259 g/mol. The van der Waals surface area contributed by atoms with Crippen molar-refractivity contribution < 1.29 is 148 Å². The number of halogens is 4. The predicted molar refractivity (Wildman–Crippen MR) is 0 cm³/mol. The van der Waals surface area contributed by atoms with Crippen LogP contribution < -0.4 is 131 Å². The molecule has 0 rings (SSSR count). The summed E-state index contributed by atoms with van der Waals surface area (Å²) in [4.78, 5) is 0. The predicted octanol–water partition coefficient (Wildman–Crippen LogP) is -18.0. The van der Waals surface area contributed by atoms with Gasteiger partial charge in [0.2, 0.25) is 0 Å². The molecule has 0 aromatic carbocycles. The van der Waals surface area contributed by atoms with Crippen LogP contribution in [0.2, 0.25) is 0 Å². The molecule has 0 heterocycles. The van der Waals surface area contributed by atoms with Gasteiger partial charge in [-0.2, -0.15) is 0 Å². The van der Waals surface area contributed by atoms with Crippen LogP contribution in [0.25, 0.3) is 0 Å². The number of rotatable bonds is 0. The molecule has 0 nitrogen and oxygen atoms in total. The van der Waals surface area contributed by atoms with Crippen molar-refractivity contribution in [2.75, 3.05) is 0 Å². The van der Waals surface area contributed by atoms with Crippen LogP contribution in [0.15, 0.2) is 0 Å². The minimum atomic E-state index is 0. The molecule has 7 heavy (non-hydrogen) atoms. The van der Waals surface area contributed by atoms with Gasteiger partial charge in [0.05, 0.1) is 0 Å². The van der Waals surface area contributed by atoms with Crippen LogP contribution in [0.5, 0.6) is 0 Å². The molecule has 1 radical (unpaired) electrons. The first kappa shape index (κ1) is 64.6. The monoisotopic (exact) mass is 257 g/mol. The summed E-state index contributed by atoms with van der Waals surface area (Å²) in [6.07, 6.45) is 0. The van der Waals surface area contributed by atoms with E-state index in [1.54, 1.807) is 0 Å². The molecule has 0 aromatic rings. The average Bonchev–Trinajstić information content (AvgIpc) is 0. The SMILES string of the molecule is [Cl-].[Cl-].[Cl-].[Cl-].[K+].[Mn+2].[Na+]. The van der Waals surface area contributed by atoms with E-state index < -0.39 is 0 Å². The quantitative estimate of drug-likeness (QED) is 0.379. The van der Waals surface area contributed by atoms with Gasteiger partial charge in [-0.3, -0.25) is 0 Å². The second kappa shape index (κ2) is 48.1. The van der Waals surface area contributed by atoms with Crippen molar-refractivity contribution in [1.29, 1.82) is 0 Å². The van der Waals surface area contributed by atoms with E-state index in [9.17, 15) is 0 Å². The minimum Gasteiger partial charge on any atom is -1.00 e. The number of hydrogen-bond acceptors (Lipinski definition) is 0. The normalized spacial score (nSPS) is 0. The summed E-state index contributed by atoms with van der Waals surface area (Å²) in [5, 5.41) is 0. The Hall–Kier alpha value is 4.32. The van der Waals surface area contributed by atoms with Gasteiger partial charge in [0.25, 0.3) is 0 Å². The first-order valence-electron chi connectivity index (χ1n) is 0. The molecule has 0 amide bonds. The van der Waals surface area contributed by atoms with Crippen molar-refractivity contribution in [3.63, 3.8) is 0 Å². The Morgan fingerprint density at radius 3 is 0.571 bits per heavy atom. The Morgan fingerprint density at radius 1 is 0.571 bits per heavy atom. The molecule has 0 aliphatic rings. The van der Waals surface area contributed by atoms with Crippen molar-refractivity contribution in [3.8, 4) is 0 Å². The maximum Gasteiger partial charge on any atom is 2.00 e. The molecule has 0 bridgehead atoms. The maximum atomic E-state index is 0. The number of hydrogen-bond donors (Lipinski definition) is 0. The van der Waals surface area contributed by atoms with Crippen molar-refractivity contribution in [1.82, 2.24) is 0 Å². The fraction of sp³-hybridized carbons (Fsp3) is 0. The summed E-state index contributed by atoms with van der Waals surface area (Å²) in [7, 11) is 0. The largest absolute Gasteiger partial charge is 2.00 e. The third kappa shape index (κ3) is 38.3. The van der Waals surface area contributed by atoms with Crippen LogP contribution in [0, 0.1) is 0 Å². The summed E-state index contributed by atoms with van der Waals surface area (Å²) in [5.41, 5.74) is 0. The van der Waals surface area contributed by atoms with E-state index in [0.717, 1.165) is 0 Å². The van der Waals surface area contributed by atoms with Crippen molar-refractivity contribution >= 4 is 0 Å². The van der Waals surface area contributed by atoms with Crippen molar-refractivity contribution in [3.05, 3.63) is 0 Å². The van der Waals surface area contributed by atoms with Crippen LogP contribution in [0.4, 0.5) is 0 Å². The second-order valence-electron chi connectivity index (χ2n) is 0. The first-order chi connectivity index (χ1) is 0. The summed E-state index contributed by atoms with van der Waals surface area (Å²) < 4.78 is 0. The van der Waals surface area contributed by atoms with Gasteiger partial charge in [0.15, 0.2) is 0 Å². The van der Waals surface area contributed by atoms with Gasteiger partial charge in [-0.25, -0.2) is 0 Å². The molecule has 0 spiro atoms. The van der Waals surface area contributed by atoms with E-state index >= 15 is 0 Å². The minimum absolute atomic E-state index is 0. The van der Waals surface area contributed by atoms with Crippen LogP contribution in [0.3, 0.4) is 0 Å². The zero-order chi connectivity index (χ0) is 0. The van der Waals surface area contributed by atoms with Gasteiger partial charge < -0.3 is 49.6 Å². The van der Waals surface area contributed by atoms with Crippen LogP contribution in [0.1, 0.15) is 0 Å². The van der Waals surface area contributed by atoms with E-state index in [1.807, 2.05) is 0 Å². The molecule has 0 aromatic heterocycles. The van der Waals surface area contributed by atoms with Gasteiger partial charge in [-0.1, -0.05) is 0 Å². The van der Waals surface area contributed by atoms with Crippen molar-refractivity contribution in [2.45, 2.75) is 0 Å². The van der Waals surface area contributed by atoms with Crippen LogP contribution >= 0.6 is 0 Å². The third-order valence-electron chi connectivity index (χ3n) is 0. The molecule has 0 unspecified atom stereocenters. The van der Waals surface area contributed by atoms with Gasteiger partial charge >= 0.3 is 98.0 Å². The third-order valence-corrected chi connectivity index (χ3v) is 0. The summed E-state index contributed by atoms with van der Waals surface area (Å²) in [6.45, 7) is 0. The Labute approximate surface area is 144 Å². The summed E-state index contributed by atoms with van der Waals surface area (Å²) in [5.74, 6) is 0. The van der Waals surface area contributed by atoms with E-state index in [1.165, 1.54) is 0 Å². The molecular weight excluding hydrogens is 259 g/mol. The van der Waals surface area contributed by atoms with Crippen molar-refractivity contribution in [2.24, 2.45) is 0 Å². The zero-order valence-electron chi connectivity index (χ0n) is 3.89. The van der Waals surface area contributed by atoms with E-state index in [-0.39, 0.29) is 148 Å². The van der Waals surface area contributed by atoms with Gasteiger partial charge in [0.1, 0.15) is 0 Å². The smallest absolute Gasteiger partial charge is 1.00 e. The summed E-state index contributed by atoms with van der Waals surface area (Å²) in [6, 6.07) is 0. The van der Waals surface area contributed by atoms with Crippen LogP contribution in [-0.4, -0.2) is 0 Å². The molecule has 7 heteroatoms. The standard InChI is InChI=1S/4ClH.K.Mn.Na/h4*1H;;;/q;;;;+1;+2;+1/p-4. The van der Waals surface area contributed by atoms with Crippen LogP contribution in [-0.2, 0) is 17.1 Å². The molecule has 0 saturated heterocycles. The second-order valence-corrected chi connectivity index (χ2v) is 0. The molecule has 0 aliphatic heterocycles. The van der Waals surface area contributed by atoms with Gasteiger partial charge in [-0.15, -0.1) is 0 Å². The molecule has 0 N–H and O–H groups in total. The molecule has 0 saturated carbocycles. The van der Waals surface area contributed by atoms with Gasteiger partial charge in [0, 0.05) is 0 Å². The fourth-order valence-corrected chi connectivity index (χ4v) is 0. The van der Waals surface area contributed by atoms with Gasteiger partial charge in [-0.05, 0) is 0 Å². The Kier molecular flexibility index (Phi) is 444. The summed E-state index contributed by atoms with van der Waals surface area (Å²) >= 11 is 0. The molecular formula is Cl4KMnNa.